The first kappa shape index (κ1) is 17.4. The molecule has 0 bridgehead atoms. The molecule has 0 N–H and O–H groups in total. The maximum absolute atomic E-state index is 13.0. The van der Waals surface area contributed by atoms with E-state index in [2.05, 4.69) is 6.07 Å². The van der Waals surface area contributed by atoms with E-state index in [0.717, 1.165) is 5.56 Å². The van der Waals surface area contributed by atoms with Crippen molar-refractivity contribution in [2.24, 2.45) is 5.92 Å². The zero-order valence-corrected chi connectivity index (χ0v) is 13.5. The maximum Gasteiger partial charge on any atom is 0.236 e. The number of nitrogens with zero attached hydrogens (tertiary/aromatic N) is 3. The molecule has 6 heteroatoms. The minimum absolute atomic E-state index is 0.0213. The zero-order valence-electron chi connectivity index (χ0n) is 13.5. The number of nitriles is 1. The third kappa shape index (κ3) is 5.02. The van der Waals surface area contributed by atoms with Crippen LogP contribution >= 0.6 is 0 Å². The summed E-state index contributed by atoms with van der Waals surface area (Å²) in [5.74, 6) is -0.372. The summed E-state index contributed by atoms with van der Waals surface area (Å²) in [6.07, 6.45) is -0.225. The largest absolute Gasteiger partial charge is 0.370 e. The van der Waals surface area contributed by atoms with E-state index in [1.165, 1.54) is 12.1 Å². The van der Waals surface area contributed by atoms with Gasteiger partial charge in [0.15, 0.2) is 0 Å². The molecule has 0 spiro atoms. The smallest absolute Gasteiger partial charge is 0.236 e. The van der Waals surface area contributed by atoms with Crippen LogP contribution in [0.2, 0.25) is 0 Å². The molecule has 5 nitrogen and oxygen atoms in total. The Morgan fingerprint density at radius 3 is 2.87 bits per heavy atom. The Morgan fingerprint density at radius 1 is 1.52 bits per heavy atom. The number of amides is 1. The molecule has 1 aliphatic heterocycles. The number of ether oxygens (including phenoxy) is 1. The van der Waals surface area contributed by atoms with E-state index in [-0.39, 0.29) is 30.3 Å². The molecule has 124 valence electrons. The Bertz CT molecular complexity index is 570. The van der Waals surface area contributed by atoms with E-state index in [4.69, 9.17) is 10.00 Å². The van der Waals surface area contributed by atoms with Gasteiger partial charge in [-0.15, -0.1) is 0 Å². The second kappa shape index (κ2) is 8.04. The van der Waals surface area contributed by atoms with E-state index < -0.39 is 0 Å². The highest BCUT2D eigenvalue weighted by molar-refractivity contribution is 5.78. The topological polar surface area (TPSA) is 56.6 Å². The number of benzene rings is 1. The lowest BCUT2D eigenvalue weighted by Crippen LogP contribution is -2.46. The lowest BCUT2D eigenvalue weighted by Gasteiger charge is -2.34. The summed E-state index contributed by atoms with van der Waals surface area (Å²) in [5, 5.41) is 8.83. The van der Waals surface area contributed by atoms with Crippen molar-refractivity contribution in [1.29, 1.82) is 5.26 Å². The molecular weight excluding hydrogens is 297 g/mol. The summed E-state index contributed by atoms with van der Waals surface area (Å²) < 4.78 is 18.7. The van der Waals surface area contributed by atoms with Crippen molar-refractivity contribution in [3.05, 3.63) is 35.6 Å². The third-order valence-corrected chi connectivity index (χ3v) is 3.87. The molecule has 1 saturated heterocycles. The molecule has 1 heterocycles. The number of carbonyl (C=O) groups excluding carboxylic acids is 1. The highest BCUT2D eigenvalue weighted by Crippen LogP contribution is 2.22. The molecule has 0 saturated carbocycles. The van der Waals surface area contributed by atoms with E-state index in [9.17, 15) is 9.18 Å². The van der Waals surface area contributed by atoms with Gasteiger partial charge in [0, 0.05) is 13.1 Å². The van der Waals surface area contributed by atoms with Crippen LogP contribution in [0.3, 0.4) is 0 Å². The fraction of sp³-hybridized carbons (Fsp3) is 0.529. The van der Waals surface area contributed by atoms with Crippen molar-refractivity contribution < 1.29 is 13.9 Å². The fourth-order valence-corrected chi connectivity index (χ4v) is 2.66. The van der Waals surface area contributed by atoms with Crippen LogP contribution in [0, 0.1) is 23.1 Å². The van der Waals surface area contributed by atoms with Crippen LogP contribution in [-0.2, 0) is 9.53 Å². The molecule has 1 fully saturated rings. The van der Waals surface area contributed by atoms with Crippen molar-refractivity contribution in [2.45, 2.75) is 13.0 Å². The van der Waals surface area contributed by atoms with Gasteiger partial charge >= 0.3 is 0 Å². The minimum Gasteiger partial charge on any atom is -0.370 e. The summed E-state index contributed by atoms with van der Waals surface area (Å²) in [6, 6.07) is 8.34. The molecule has 0 unspecified atom stereocenters. The molecule has 0 aromatic heterocycles. The van der Waals surface area contributed by atoms with Gasteiger partial charge in [0.05, 0.1) is 31.7 Å². The van der Waals surface area contributed by atoms with Gasteiger partial charge in [0.25, 0.3) is 0 Å². The standard InChI is InChI=1S/C17H22FN3O2/c1-13(9-19)10-20(2)12-17(22)21-7-8-23-16(11-21)14-3-5-15(18)6-4-14/h3-6,13,16H,7-8,10-12H2,1-2H3/t13-,16+/m1/s1. The SMILES string of the molecule is C[C@H](C#N)CN(C)CC(=O)N1CCO[C@H](c2ccc(F)cc2)C1. The summed E-state index contributed by atoms with van der Waals surface area (Å²) in [5.41, 5.74) is 0.871. The maximum atomic E-state index is 13.0. The van der Waals surface area contributed by atoms with Gasteiger partial charge in [0.1, 0.15) is 11.9 Å². The Kier molecular flexibility index (Phi) is 6.08. The highest BCUT2D eigenvalue weighted by Gasteiger charge is 2.26. The van der Waals surface area contributed by atoms with Crippen LogP contribution in [0.1, 0.15) is 18.6 Å². The molecule has 23 heavy (non-hydrogen) atoms. The number of hydrogen-bond acceptors (Lipinski definition) is 4. The average Bonchev–Trinajstić information content (AvgIpc) is 2.55. The first-order valence-electron chi connectivity index (χ1n) is 7.72. The first-order valence-corrected chi connectivity index (χ1v) is 7.72. The van der Waals surface area contributed by atoms with Crippen molar-refractivity contribution in [1.82, 2.24) is 9.80 Å². The van der Waals surface area contributed by atoms with Gasteiger partial charge in [-0.05, 0) is 31.7 Å². The monoisotopic (exact) mass is 319 g/mol. The number of halogens is 1. The highest BCUT2D eigenvalue weighted by atomic mass is 19.1. The van der Waals surface area contributed by atoms with Gasteiger partial charge in [0.2, 0.25) is 5.91 Å². The Hall–Kier alpha value is -1.97. The molecule has 1 aromatic rings. The molecule has 1 amide bonds. The second-order valence-electron chi connectivity index (χ2n) is 5.98. The molecule has 1 aliphatic rings. The van der Waals surface area contributed by atoms with Crippen LogP contribution in [0.15, 0.2) is 24.3 Å². The minimum atomic E-state index is -0.286. The van der Waals surface area contributed by atoms with Crippen molar-refractivity contribution >= 4 is 5.91 Å². The van der Waals surface area contributed by atoms with Gasteiger partial charge in [-0.25, -0.2) is 4.39 Å². The van der Waals surface area contributed by atoms with Gasteiger partial charge in [-0.2, -0.15) is 5.26 Å². The molecule has 0 aliphatic carbocycles. The lowest BCUT2D eigenvalue weighted by molar-refractivity contribution is -0.140. The van der Waals surface area contributed by atoms with Crippen LogP contribution in [0.4, 0.5) is 4.39 Å². The van der Waals surface area contributed by atoms with Crippen LogP contribution < -0.4 is 0 Å². The lowest BCUT2D eigenvalue weighted by atomic mass is 10.1. The molecule has 0 radical (unpaired) electrons. The van der Waals surface area contributed by atoms with Gasteiger partial charge in [-0.3, -0.25) is 9.69 Å². The average molecular weight is 319 g/mol. The van der Waals surface area contributed by atoms with Crippen LogP contribution in [-0.4, -0.2) is 55.5 Å². The predicted molar refractivity (Wildman–Crippen MR) is 83.9 cm³/mol. The normalized spacial score (nSPS) is 19.4. The first-order chi connectivity index (χ1) is 11.0. The van der Waals surface area contributed by atoms with Crippen molar-refractivity contribution in [3.63, 3.8) is 0 Å². The van der Waals surface area contributed by atoms with Crippen molar-refractivity contribution in [3.8, 4) is 6.07 Å². The summed E-state index contributed by atoms with van der Waals surface area (Å²) in [4.78, 5) is 16.0. The molecule has 2 rings (SSSR count). The van der Waals surface area contributed by atoms with E-state index >= 15 is 0 Å². The third-order valence-electron chi connectivity index (χ3n) is 3.87. The number of morpholine rings is 1. The van der Waals surface area contributed by atoms with E-state index in [0.29, 0.717) is 26.2 Å². The number of likely N-dealkylation sites (N-methyl/N-ethyl adjacent to an activating group) is 1. The fourth-order valence-electron chi connectivity index (χ4n) is 2.66. The van der Waals surface area contributed by atoms with E-state index in [1.54, 1.807) is 17.0 Å². The molecule has 1 aromatic carbocycles. The zero-order chi connectivity index (χ0) is 16.8. The second-order valence-corrected chi connectivity index (χ2v) is 5.98. The van der Waals surface area contributed by atoms with Crippen LogP contribution in [0.5, 0.6) is 0 Å². The van der Waals surface area contributed by atoms with E-state index in [1.807, 2.05) is 18.9 Å². The predicted octanol–water partition coefficient (Wildman–Crippen LogP) is 1.82. The summed E-state index contributed by atoms with van der Waals surface area (Å²) in [6.45, 7) is 4.16. The van der Waals surface area contributed by atoms with Gasteiger partial charge < -0.3 is 9.64 Å². The quantitative estimate of drug-likeness (QED) is 0.831. The summed E-state index contributed by atoms with van der Waals surface area (Å²) >= 11 is 0. The Labute approximate surface area is 136 Å². The number of carbonyl (C=O) groups is 1. The molecule has 2 atom stereocenters. The number of rotatable bonds is 5. The van der Waals surface area contributed by atoms with Crippen LogP contribution in [0.25, 0.3) is 0 Å². The Balaban J connectivity index is 1.91. The summed E-state index contributed by atoms with van der Waals surface area (Å²) in [7, 11) is 1.84. The molecular formula is C17H22FN3O2. The number of hydrogen-bond donors (Lipinski definition) is 0. The Morgan fingerprint density at radius 2 is 2.22 bits per heavy atom. The van der Waals surface area contributed by atoms with Crippen molar-refractivity contribution in [2.75, 3.05) is 39.8 Å². The van der Waals surface area contributed by atoms with Gasteiger partial charge in [-0.1, -0.05) is 12.1 Å².